The number of rotatable bonds is 11. The average Bonchev–Trinajstić information content (AvgIpc) is 2.95. The lowest BCUT2D eigenvalue weighted by Crippen LogP contribution is -2.08. The van der Waals surface area contributed by atoms with Gasteiger partial charge in [0.25, 0.3) is 0 Å². The molecule has 0 aliphatic rings. The van der Waals surface area contributed by atoms with Crippen LogP contribution < -0.4 is 0 Å². The van der Waals surface area contributed by atoms with E-state index in [-0.39, 0.29) is 39.5 Å². The Bertz CT molecular complexity index is 750. The minimum atomic E-state index is -0.981. The van der Waals surface area contributed by atoms with Gasteiger partial charge in [0.1, 0.15) is 6.61 Å². The van der Waals surface area contributed by atoms with Crippen molar-refractivity contribution in [1.82, 2.24) is 0 Å². The smallest absolute Gasteiger partial charge is 0.331 e. The molecule has 0 aliphatic heterocycles. The molecule has 0 bridgehead atoms. The van der Waals surface area contributed by atoms with Gasteiger partial charge in [-0.05, 0) is 12.8 Å². The van der Waals surface area contributed by atoms with Crippen molar-refractivity contribution in [2.75, 3.05) is 33.0 Å². The van der Waals surface area contributed by atoms with Crippen LogP contribution in [0.5, 0.6) is 0 Å². The lowest BCUT2D eigenvalue weighted by Gasteiger charge is -1.96. The van der Waals surface area contributed by atoms with E-state index in [0.29, 0.717) is 13.2 Å². The number of carboxylic acids is 3. The van der Waals surface area contributed by atoms with Crippen LogP contribution in [0.15, 0.2) is 50.6 Å². The fourth-order valence-electron chi connectivity index (χ4n) is 0.714. The second-order valence-electron chi connectivity index (χ2n) is 5.69. The number of aliphatic hydroxyl groups excluding tert-OH is 3. The van der Waals surface area contributed by atoms with Gasteiger partial charge in [0.15, 0.2) is 0 Å². The zero-order valence-corrected chi connectivity index (χ0v) is 23.4. The van der Waals surface area contributed by atoms with Crippen molar-refractivity contribution in [3.8, 4) is 12.1 Å². The number of hydrogen-bond acceptors (Lipinski definition) is 12. The number of aliphatic carboxylic acids is 3. The van der Waals surface area contributed by atoms with Crippen molar-refractivity contribution in [3.05, 3.63) is 50.6 Å². The third-order valence-electron chi connectivity index (χ3n) is 2.22. The molecule has 0 fully saturated rings. The molecular formula is C27H46N2O13. The minimum Gasteiger partial charge on any atom is -0.481 e. The zero-order chi connectivity index (χ0) is 33.9. The van der Waals surface area contributed by atoms with Crippen molar-refractivity contribution in [1.29, 1.82) is 10.5 Å². The number of allylic oxidation sites excluding steroid dienone is 2. The maximum Gasteiger partial charge on any atom is 0.331 e. The fourth-order valence-corrected chi connectivity index (χ4v) is 0.714. The van der Waals surface area contributed by atoms with E-state index in [0.717, 1.165) is 25.0 Å². The largest absolute Gasteiger partial charge is 0.481 e. The van der Waals surface area contributed by atoms with Crippen LogP contribution in [0.4, 0.5) is 0 Å². The van der Waals surface area contributed by atoms with Gasteiger partial charge in [0.2, 0.25) is 0 Å². The summed E-state index contributed by atoms with van der Waals surface area (Å²) >= 11 is 0. The molecule has 0 saturated carbocycles. The highest BCUT2D eigenvalue weighted by molar-refractivity contribution is 5.81. The van der Waals surface area contributed by atoms with E-state index < -0.39 is 30.5 Å². The predicted molar refractivity (Wildman–Crippen MR) is 155 cm³/mol. The second kappa shape index (κ2) is 60.6. The molecule has 242 valence electrons. The highest BCUT2D eigenvalue weighted by atomic mass is 16.5. The van der Waals surface area contributed by atoms with E-state index in [1.54, 1.807) is 12.1 Å². The summed E-state index contributed by atoms with van der Waals surface area (Å²) in [4.78, 5) is 48.5. The molecule has 0 aromatic carbocycles. The Balaban J connectivity index is -0.0000000541. The SMILES string of the molecule is C.C=CC#N.C=CC#N.C=CC(=O)O.C=CC(=O)OCCC.CCCOC(=O)CO.O=C(O)CCO.O=C(O)CCO. The first-order valence-corrected chi connectivity index (χ1v) is 11.3. The van der Waals surface area contributed by atoms with Gasteiger partial charge in [-0.15, -0.1) is 0 Å². The quantitative estimate of drug-likeness (QED) is 0.112. The summed E-state index contributed by atoms with van der Waals surface area (Å²) in [7, 11) is 0. The Labute approximate surface area is 247 Å². The molecule has 0 radical (unpaired) electrons. The number of esters is 2. The third kappa shape index (κ3) is 139. The number of carboxylic acid groups (broad SMARTS) is 3. The molecular weight excluding hydrogens is 560 g/mol. The van der Waals surface area contributed by atoms with Crippen molar-refractivity contribution in [2.24, 2.45) is 0 Å². The summed E-state index contributed by atoms with van der Waals surface area (Å²) in [6.07, 6.45) is 5.71. The Morgan fingerprint density at radius 3 is 1.17 bits per heavy atom. The van der Waals surface area contributed by atoms with Gasteiger partial charge in [-0.2, -0.15) is 10.5 Å². The van der Waals surface area contributed by atoms with Crippen LogP contribution >= 0.6 is 0 Å². The molecule has 6 N–H and O–H groups in total. The lowest BCUT2D eigenvalue weighted by molar-refractivity contribution is -0.147. The summed E-state index contributed by atoms with van der Waals surface area (Å²) in [5, 5.41) is 61.9. The van der Waals surface area contributed by atoms with Gasteiger partial charge in [-0.25, -0.2) is 14.4 Å². The number of carbonyl (C=O) groups excluding carboxylic acids is 2. The molecule has 0 atom stereocenters. The molecule has 0 amide bonds. The van der Waals surface area contributed by atoms with Crippen molar-refractivity contribution < 1.29 is 64.1 Å². The number of carbonyl (C=O) groups is 5. The van der Waals surface area contributed by atoms with Gasteiger partial charge in [0, 0.05) is 24.3 Å². The Hall–Kier alpha value is -4.83. The summed E-state index contributed by atoms with van der Waals surface area (Å²) in [5.41, 5.74) is 0. The van der Waals surface area contributed by atoms with Crippen LogP contribution in [-0.4, -0.2) is 93.5 Å². The maximum absolute atomic E-state index is 10.2. The third-order valence-corrected chi connectivity index (χ3v) is 2.22. The normalized spacial score (nSPS) is 7.02. The van der Waals surface area contributed by atoms with E-state index in [9.17, 15) is 24.0 Å². The first-order chi connectivity index (χ1) is 19.3. The number of hydrogen-bond donors (Lipinski definition) is 6. The summed E-state index contributed by atoms with van der Waals surface area (Å²) in [6, 6.07) is 3.39. The van der Waals surface area contributed by atoms with Gasteiger partial charge in [-0.1, -0.05) is 47.6 Å². The van der Waals surface area contributed by atoms with Crippen LogP contribution in [-0.2, 0) is 33.4 Å². The number of aliphatic hydroxyl groups is 3. The van der Waals surface area contributed by atoms with E-state index >= 15 is 0 Å². The molecule has 0 saturated heterocycles. The predicted octanol–water partition coefficient (Wildman–Crippen LogP) is 2.25. The van der Waals surface area contributed by atoms with Crippen molar-refractivity contribution in [3.63, 3.8) is 0 Å². The molecule has 0 rings (SSSR count). The monoisotopic (exact) mass is 606 g/mol. The second-order valence-corrected chi connectivity index (χ2v) is 5.69. The highest BCUT2D eigenvalue weighted by Crippen LogP contribution is 1.81. The standard InChI is InChI=1S/C6H10O2.C5H10O3.2C3H3N.2C3H6O3.C3H4O2.CH4/c1-3-5-8-6(7)4-2;1-2-3-8-5(7)4-6;2*1-2-3-4;2*4-2-1-3(5)6;1-2-3(4)5;/h4H,2-3,5H2,1H3;6H,2-4H2,1H3;2*2H,1H2;2*4H,1-2H2,(H,5,6);2H,1H2,(H,4,5);1H4. The van der Waals surface area contributed by atoms with Crippen LogP contribution in [0.1, 0.15) is 47.0 Å². The van der Waals surface area contributed by atoms with Gasteiger partial charge in [-0.3, -0.25) is 9.59 Å². The van der Waals surface area contributed by atoms with Crippen LogP contribution in [0.25, 0.3) is 0 Å². The number of ether oxygens (including phenoxy) is 2. The molecule has 15 nitrogen and oxygen atoms in total. The molecule has 42 heavy (non-hydrogen) atoms. The van der Waals surface area contributed by atoms with Crippen LogP contribution in [0, 0.1) is 22.7 Å². The molecule has 0 aliphatic carbocycles. The summed E-state index contributed by atoms with van der Waals surface area (Å²) in [6.45, 7) is 16.1. The van der Waals surface area contributed by atoms with E-state index in [1.807, 2.05) is 13.8 Å². The van der Waals surface area contributed by atoms with Crippen LogP contribution in [0.2, 0.25) is 0 Å². The van der Waals surface area contributed by atoms with Gasteiger partial charge in [0.05, 0.1) is 51.4 Å². The topological polar surface area (TPSA) is 273 Å². The van der Waals surface area contributed by atoms with Gasteiger partial charge >= 0.3 is 29.8 Å². The fraction of sp³-hybridized carbons (Fsp3) is 0.444. The first kappa shape index (κ1) is 57.2. The minimum absolute atomic E-state index is 0. The summed E-state index contributed by atoms with van der Waals surface area (Å²) in [5.74, 6) is -3.79. The van der Waals surface area contributed by atoms with E-state index in [4.69, 9.17) is 41.2 Å². The number of nitriles is 2. The Morgan fingerprint density at radius 2 is 1.02 bits per heavy atom. The molecule has 0 aromatic rings. The first-order valence-electron chi connectivity index (χ1n) is 11.3. The van der Waals surface area contributed by atoms with E-state index in [2.05, 4.69) is 35.8 Å². The Morgan fingerprint density at radius 1 is 0.714 bits per heavy atom. The lowest BCUT2D eigenvalue weighted by atomic mass is 10.5. The van der Waals surface area contributed by atoms with Crippen LogP contribution in [0.3, 0.4) is 0 Å². The number of nitrogens with zero attached hydrogens (tertiary/aromatic N) is 2. The maximum atomic E-state index is 10.2. The van der Waals surface area contributed by atoms with Crippen molar-refractivity contribution in [2.45, 2.75) is 47.0 Å². The molecule has 15 heteroatoms. The van der Waals surface area contributed by atoms with E-state index in [1.165, 1.54) is 12.2 Å². The Kier molecular flexibility index (Phi) is 82.5. The molecule has 0 unspecified atom stereocenters. The summed E-state index contributed by atoms with van der Waals surface area (Å²) < 4.78 is 9.03. The molecule has 0 heterocycles. The average molecular weight is 607 g/mol. The molecule has 0 spiro atoms. The highest BCUT2D eigenvalue weighted by Gasteiger charge is 1.95. The van der Waals surface area contributed by atoms with Gasteiger partial charge < -0.3 is 40.1 Å². The molecule has 0 aromatic heterocycles. The van der Waals surface area contributed by atoms with Crippen molar-refractivity contribution >= 4 is 29.8 Å². The zero-order valence-electron chi connectivity index (χ0n) is 23.4.